The van der Waals surface area contributed by atoms with Gasteiger partial charge in [-0.25, -0.2) is 8.42 Å². The summed E-state index contributed by atoms with van der Waals surface area (Å²) in [7, 11) is -4.21. The van der Waals surface area contributed by atoms with Crippen molar-refractivity contribution in [2.75, 3.05) is 16.2 Å². The Bertz CT molecular complexity index is 1430. The molecule has 0 unspecified atom stereocenters. The molecule has 0 aliphatic heterocycles. The second-order valence-corrected chi connectivity index (χ2v) is 9.41. The number of aromatic amines is 1. The molecule has 1 amide bonds. The molecule has 35 heavy (non-hydrogen) atoms. The fraction of sp³-hybridized carbons (Fsp3) is 0.217. The summed E-state index contributed by atoms with van der Waals surface area (Å²) < 4.78 is 28.7. The summed E-state index contributed by atoms with van der Waals surface area (Å²) in [6.45, 7) is 1.45. The van der Waals surface area contributed by atoms with Gasteiger partial charge in [-0.3, -0.25) is 19.3 Å². The van der Waals surface area contributed by atoms with Gasteiger partial charge in [-0.15, -0.1) is 0 Å². The lowest BCUT2D eigenvalue weighted by Gasteiger charge is -2.28. The molecule has 0 aliphatic carbocycles. The zero-order valence-corrected chi connectivity index (χ0v) is 19.8. The van der Waals surface area contributed by atoms with Gasteiger partial charge in [0.15, 0.2) is 5.96 Å². The normalized spacial score (nSPS) is 12.0. The largest absolute Gasteiger partial charge is 0.370 e. The molecular formula is C23H26N6O5S. The summed E-state index contributed by atoms with van der Waals surface area (Å²) in [5.74, 6) is -0.656. The van der Waals surface area contributed by atoms with E-state index in [9.17, 15) is 22.8 Å². The summed E-state index contributed by atoms with van der Waals surface area (Å²) in [6, 6.07) is 12.2. The molecule has 184 valence electrons. The molecule has 1 aromatic heterocycles. The van der Waals surface area contributed by atoms with Crippen LogP contribution in [0.25, 0.3) is 10.8 Å². The fourth-order valence-electron chi connectivity index (χ4n) is 3.64. The number of hydrogen-bond donors (Lipinski definition) is 4. The standard InChI is InChI=1S/C23H26N6O5S/c1-15(31)29(18(14-30)7-4-11-27-23(24)25)20-10-12-26-22(32)21(20)28-35(33,34)19-9-8-16-5-2-3-6-17(16)13-19/h2-3,5-6,8-10,12-14,18,28H,4,7,11H2,1H3,(H,26,32)(H4,24,25,27)/t18-/m0/s1. The topological polar surface area (TPSA) is 181 Å². The number of nitrogens with one attached hydrogen (secondary N) is 2. The van der Waals surface area contributed by atoms with Crippen LogP contribution in [0.4, 0.5) is 11.4 Å². The van der Waals surface area contributed by atoms with Crippen molar-refractivity contribution in [2.45, 2.75) is 30.7 Å². The highest BCUT2D eigenvalue weighted by Crippen LogP contribution is 2.28. The number of carbonyl (C=O) groups excluding carboxylic acids is 2. The SMILES string of the molecule is CC(=O)N(c1cc[nH]c(=O)c1NS(=O)(=O)c1ccc2ccccc2c1)[C@H](C=O)CCCN=C(N)N. The molecule has 2 aromatic carbocycles. The molecule has 11 nitrogen and oxygen atoms in total. The van der Waals surface area contributed by atoms with Gasteiger partial charge in [0, 0.05) is 19.7 Å². The van der Waals surface area contributed by atoms with Crippen LogP contribution in [-0.4, -0.2) is 44.1 Å². The van der Waals surface area contributed by atoms with Gasteiger partial charge in [0.2, 0.25) is 5.91 Å². The lowest BCUT2D eigenvalue weighted by atomic mass is 10.1. The summed E-state index contributed by atoms with van der Waals surface area (Å²) in [5, 5.41) is 1.55. The summed E-state index contributed by atoms with van der Waals surface area (Å²) in [5.41, 5.74) is 9.40. The number of anilines is 2. The average molecular weight is 499 g/mol. The maximum Gasteiger partial charge on any atom is 0.274 e. The number of guanidine groups is 1. The molecule has 0 fully saturated rings. The third-order valence-corrected chi connectivity index (χ3v) is 6.59. The van der Waals surface area contributed by atoms with Crippen LogP contribution >= 0.6 is 0 Å². The van der Waals surface area contributed by atoms with E-state index in [0.717, 1.165) is 10.3 Å². The second kappa shape index (κ2) is 10.8. The van der Waals surface area contributed by atoms with Gasteiger partial charge in [-0.1, -0.05) is 30.3 Å². The highest BCUT2D eigenvalue weighted by molar-refractivity contribution is 7.92. The Balaban J connectivity index is 1.99. The number of amides is 1. The molecule has 3 rings (SSSR count). The second-order valence-electron chi connectivity index (χ2n) is 7.72. The number of rotatable bonds is 10. The summed E-state index contributed by atoms with van der Waals surface area (Å²) in [6.07, 6.45) is 2.37. The van der Waals surface area contributed by atoms with Gasteiger partial charge in [-0.05, 0) is 41.8 Å². The Morgan fingerprint density at radius 2 is 1.89 bits per heavy atom. The first-order chi connectivity index (χ1) is 16.6. The van der Waals surface area contributed by atoms with E-state index in [4.69, 9.17) is 11.5 Å². The van der Waals surface area contributed by atoms with Gasteiger partial charge >= 0.3 is 0 Å². The number of nitrogens with zero attached hydrogens (tertiary/aromatic N) is 2. The molecule has 3 aromatic rings. The quantitative estimate of drug-likeness (QED) is 0.141. The van der Waals surface area contributed by atoms with E-state index in [1.165, 1.54) is 31.3 Å². The number of hydrogen-bond acceptors (Lipinski definition) is 6. The number of aliphatic imine (C=N–C) groups is 1. The van der Waals surface area contributed by atoms with Crippen LogP contribution in [0.3, 0.4) is 0 Å². The zero-order valence-electron chi connectivity index (χ0n) is 19.0. The number of sulfonamides is 1. The van der Waals surface area contributed by atoms with Crippen molar-refractivity contribution in [1.29, 1.82) is 0 Å². The minimum Gasteiger partial charge on any atom is -0.370 e. The van der Waals surface area contributed by atoms with E-state index >= 15 is 0 Å². The third-order valence-electron chi connectivity index (χ3n) is 5.25. The van der Waals surface area contributed by atoms with E-state index in [0.29, 0.717) is 18.1 Å². The van der Waals surface area contributed by atoms with Gasteiger partial charge in [0.1, 0.15) is 12.0 Å². The Kier molecular flexibility index (Phi) is 7.87. The Labute approximate surface area is 201 Å². The third kappa shape index (κ3) is 6.03. The Hall–Kier alpha value is -4.19. The summed E-state index contributed by atoms with van der Waals surface area (Å²) >= 11 is 0. The van der Waals surface area contributed by atoms with Crippen LogP contribution in [0.5, 0.6) is 0 Å². The molecule has 0 spiro atoms. The number of aldehydes is 1. The molecule has 0 radical (unpaired) electrons. The number of fused-ring (bicyclic) bond motifs is 1. The van der Waals surface area contributed by atoms with E-state index in [-0.39, 0.29) is 35.2 Å². The lowest BCUT2D eigenvalue weighted by Crippen LogP contribution is -2.41. The van der Waals surface area contributed by atoms with Crippen molar-refractivity contribution >= 4 is 50.3 Å². The Morgan fingerprint density at radius 1 is 1.17 bits per heavy atom. The first-order valence-electron chi connectivity index (χ1n) is 10.7. The molecule has 1 heterocycles. The lowest BCUT2D eigenvalue weighted by molar-refractivity contribution is -0.119. The average Bonchev–Trinajstić information content (AvgIpc) is 2.82. The molecule has 6 N–H and O–H groups in total. The van der Waals surface area contributed by atoms with Crippen LogP contribution in [0, 0.1) is 0 Å². The minimum absolute atomic E-state index is 0.0513. The van der Waals surface area contributed by atoms with Crippen molar-refractivity contribution in [3.63, 3.8) is 0 Å². The van der Waals surface area contributed by atoms with E-state index < -0.39 is 27.5 Å². The molecule has 0 bridgehead atoms. The predicted octanol–water partition coefficient (Wildman–Crippen LogP) is 1.30. The van der Waals surface area contributed by atoms with Crippen molar-refractivity contribution in [2.24, 2.45) is 16.5 Å². The number of benzene rings is 2. The van der Waals surface area contributed by atoms with Gasteiger partial charge in [0.05, 0.1) is 16.6 Å². The maximum atomic E-state index is 13.2. The molecule has 12 heteroatoms. The van der Waals surface area contributed by atoms with E-state index in [2.05, 4.69) is 14.7 Å². The summed E-state index contributed by atoms with van der Waals surface area (Å²) in [4.78, 5) is 44.4. The zero-order chi connectivity index (χ0) is 25.6. The van der Waals surface area contributed by atoms with Crippen LogP contribution in [0.1, 0.15) is 19.8 Å². The van der Waals surface area contributed by atoms with Crippen LogP contribution in [0.2, 0.25) is 0 Å². The molecule has 0 aliphatic rings. The fourth-order valence-corrected chi connectivity index (χ4v) is 4.76. The van der Waals surface area contributed by atoms with Crippen LogP contribution in [0.15, 0.2) is 69.4 Å². The van der Waals surface area contributed by atoms with Crippen molar-refractivity contribution in [3.05, 3.63) is 65.1 Å². The van der Waals surface area contributed by atoms with Gasteiger partial charge < -0.3 is 26.1 Å². The molecule has 0 saturated carbocycles. The van der Waals surface area contributed by atoms with Crippen molar-refractivity contribution < 1.29 is 18.0 Å². The molecular weight excluding hydrogens is 472 g/mol. The molecule has 1 atom stereocenters. The molecule has 0 saturated heterocycles. The number of nitrogens with two attached hydrogens (primary N) is 2. The highest BCUT2D eigenvalue weighted by atomic mass is 32.2. The number of aromatic nitrogens is 1. The monoisotopic (exact) mass is 498 g/mol. The first-order valence-corrected chi connectivity index (χ1v) is 12.2. The maximum absolute atomic E-state index is 13.2. The number of H-pyrrole nitrogens is 1. The smallest absolute Gasteiger partial charge is 0.274 e. The van der Waals surface area contributed by atoms with Crippen molar-refractivity contribution in [3.8, 4) is 0 Å². The van der Waals surface area contributed by atoms with Crippen molar-refractivity contribution in [1.82, 2.24) is 4.98 Å². The van der Waals surface area contributed by atoms with Gasteiger partial charge in [-0.2, -0.15) is 0 Å². The minimum atomic E-state index is -4.21. The van der Waals surface area contributed by atoms with Crippen LogP contribution < -0.4 is 26.6 Å². The van der Waals surface area contributed by atoms with Gasteiger partial charge in [0.25, 0.3) is 15.6 Å². The van der Waals surface area contributed by atoms with Crippen LogP contribution in [-0.2, 0) is 19.6 Å². The highest BCUT2D eigenvalue weighted by Gasteiger charge is 2.28. The van der Waals surface area contributed by atoms with E-state index in [1.807, 2.05) is 12.1 Å². The first kappa shape index (κ1) is 25.4. The number of pyridine rings is 1. The predicted molar refractivity (Wildman–Crippen MR) is 135 cm³/mol. The number of carbonyl (C=O) groups is 2. The van der Waals surface area contributed by atoms with E-state index in [1.54, 1.807) is 18.2 Å². The Morgan fingerprint density at radius 3 is 2.54 bits per heavy atom.